The lowest BCUT2D eigenvalue weighted by atomic mass is 10.3. The molecule has 2 aromatic rings. The maximum atomic E-state index is 11.5. The Labute approximate surface area is 164 Å². The van der Waals surface area contributed by atoms with Crippen molar-refractivity contribution in [2.75, 3.05) is 39.6 Å². The van der Waals surface area contributed by atoms with E-state index < -0.39 is 9.84 Å². The van der Waals surface area contributed by atoms with Crippen LogP contribution in [-0.2, 0) is 9.84 Å². The average Bonchev–Trinajstić information content (AvgIpc) is 2.60. The number of nitrogens with zero attached hydrogens (tertiary/aromatic N) is 1. The van der Waals surface area contributed by atoms with E-state index in [9.17, 15) is 8.42 Å². The molecule has 0 unspecified atom stereocenters. The van der Waals surface area contributed by atoms with Gasteiger partial charge in [-0.3, -0.25) is 0 Å². The molecule has 0 saturated carbocycles. The Kier molecular flexibility index (Phi) is 7.93. The van der Waals surface area contributed by atoms with Crippen molar-refractivity contribution in [3.63, 3.8) is 0 Å². The molecule has 0 spiro atoms. The highest BCUT2D eigenvalue weighted by molar-refractivity contribution is 9.10. The number of ether oxygens (including phenoxy) is 2. The zero-order valence-corrected chi connectivity index (χ0v) is 17.4. The number of hydrogen-bond acceptors (Lipinski definition) is 5. The van der Waals surface area contributed by atoms with Gasteiger partial charge in [0.15, 0.2) is 9.84 Å². The van der Waals surface area contributed by atoms with Gasteiger partial charge in [-0.15, -0.1) is 0 Å². The lowest BCUT2D eigenvalue weighted by Crippen LogP contribution is -2.26. The van der Waals surface area contributed by atoms with E-state index in [4.69, 9.17) is 9.47 Å². The standard InChI is InChI=1S/C19H24BrNO4S/c1-21(12-14-25-17-9-7-16(20)8-10-17)11-4-13-24-18-5-3-6-19(15-18)26(2,22)23/h3,5-10,15H,4,11-14H2,1-2H3. The molecule has 0 atom stereocenters. The molecule has 2 aromatic carbocycles. The summed E-state index contributed by atoms with van der Waals surface area (Å²) in [5, 5.41) is 0. The first-order valence-corrected chi connectivity index (χ1v) is 11.0. The minimum absolute atomic E-state index is 0.275. The maximum absolute atomic E-state index is 11.5. The van der Waals surface area contributed by atoms with Crippen LogP contribution in [0.15, 0.2) is 57.9 Å². The lowest BCUT2D eigenvalue weighted by molar-refractivity contribution is 0.219. The van der Waals surface area contributed by atoms with Gasteiger partial charge in [-0.2, -0.15) is 0 Å². The van der Waals surface area contributed by atoms with E-state index in [1.54, 1.807) is 24.3 Å². The second-order valence-electron chi connectivity index (χ2n) is 6.05. The van der Waals surface area contributed by atoms with Crippen molar-refractivity contribution in [3.8, 4) is 11.5 Å². The van der Waals surface area contributed by atoms with Gasteiger partial charge >= 0.3 is 0 Å². The van der Waals surface area contributed by atoms with E-state index in [1.165, 1.54) is 6.26 Å². The second kappa shape index (κ2) is 9.94. The quantitative estimate of drug-likeness (QED) is 0.526. The van der Waals surface area contributed by atoms with E-state index >= 15 is 0 Å². The van der Waals surface area contributed by atoms with Gasteiger partial charge in [-0.05, 0) is 55.9 Å². The Morgan fingerprint density at radius 3 is 2.35 bits per heavy atom. The molecule has 0 aliphatic carbocycles. The van der Waals surface area contributed by atoms with Crippen molar-refractivity contribution in [1.82, 2.24) is 4.90 Å². The molecule has 26 heavy (non-hydrogen) atoms. The molecule has 0 N–H and O–H groups in total. The molecule has 0 saturated heterocycles. The first kappa shape index (κ1) is 20.7. The van der Waals surface area contributed by atoms with Gasteiger partial charge in [0.05, 0.1) is 11.5 Å². The molecular weight excluding hydrogens is 418 g/mol. The number of sulfone groups is 1. The van der Waals surface area contributed by atoms with Gasteiger partial charge in [-0.1, -0.05) is 22.0 Å². The third-order valence-corrected chi connectivity index (χ3v) is 5.38. The molecular formula is C19H24BrNO4S. The first-order chi connectivity index (χ1) is 12.3. The monoisotopic (exact) mass is 441 g/mol. The molecule has 5 nitrogen and oxygen atoms in total. The highest BCUT2D eigenvalue weighted by Gasteiger charge is 2.08. The van der Waals surface area contributed by atoms with Crippen LogP contribution in [0.2, 0.25) is 0 Å². The molecule has 0 radical (unpaired) electrons. The topological polar surface area (TPSA) is 55.8 Å². The molecule has 7 heteroatoms. The molecule has 0 heterocycles. The van der Waals surface area contributed by atoms with Gasteiger partial charge < -0.3 is 14.4 Å². The summed E-state index contributed by atoms with van der Waals surface area (Å²) in [4.78, 5) is 2.45. The van der Waals surface area contributed by atoms with Gasteiger partial charge in [0.25, 0.3) is 0 Å². The second-order valence-corrected chi connectivity index (χ2v) is 8.99. The van der Waals surface area contributed by atoms with E-state index in [0.29, 0.717) is 19.0 Å². The van der Waals surface area contributed by atoms with Crippen molar-refractivity contribution in [3.05, 3.63) is 53.0 Å². The Morgan fingerprint density at radius 1 is 0.962 bits per heavy atom. The number of benzene rings is 2. The highest BCUT2D eigenvalue weighted by Crippen LogP contribution is 2.18. The average molecular weight is 442 g/mol. The normalized spacial score (nSPS) is 11.5. The van der Waals surface area contributed by atoms with Crippen LogP contribution in [0, 0.1) is 0 Å². The fourth-order valence-corrected chi connectivity index (χ4v) is 3.20. The van der Waals surface area contributed by atoms with Crippen molar-refractivity contribution in [2.45, 2.75) is 11.3 Å². The van der Waals surface area contributed by atoms with E-state index in [2.05, 4.69) is 20.8 Å². The molecule has 0 aromatic heterocycles. The van der Waals surface area contributed by atoms with Crippen molar-refractivity contribution in [2.24, 2.45) is 0 Å². The van der Waals surface area contributed by atoms with E-state index in [1.807, 2.05) is 31.3 Å². The molecule has 2 rings (SSSR count). The fraction of sp³-hybridized carbons (Fsp3) is 0.368. The van der Waals surface area contributed by atoms with Gasteiger partial charge in [-0.25, -0.2) is 8.42 Å². The van der Waals surface area contributed by atoms with E-state index in [0.717, 1.165) is 29.7 Å². The first-order valence-electron chi connectivity index (χ1n) is 8.34. The maximum Gasteiger partial charge on any atom is 0.175 e. The summed E-state index contributed by atoms with van der Waals surface area (Å²) in [5.74, 6) is 1.44. The van der Waals surface area contributed by atoms with Crippen molar-refractivity contribution < 1.29 is 17.9 Å². The summed E-state index contributed by atoms with van der Waals surface area (Å²) >= 11 is 3.40. The molecule has 0 bridgehead atoms. The Hall–Kier alpha value is -1.57. The summed E-state index contributed by atoms with van der Waals surface area (Å²) in [7, 11) is -1.17. The summed E-state index contributed by atoms with van der Waals surface area (Å²) in [6, 6.07) is 14.4. The third kappa shape index (κ3) is 7.35. The Morgan fingerprint density at radius 2 is 1.65 bits per heavy atom. The number of halogens is 1. The molecule has 142 valence electrons. The highest BCUT2D eigenvalue weighted by atomic mass is 79.9. The predicted octanol–water partition coefficient (Wildman–Crippen LogP) is 3.63. The molecule has 0 aliphatic heterocycles. The number of hydrogen-bond donors (Lipinski definition) is 0. The fourth-order valence-electron chi connectivity index (χ4n) is 2.28. The van der Waals surface area contributed by atoms with Crippen LogP contribution >= 0.6 is 15.9 Å². The van der Waals surface area contributed by atoms with Crippen LogP contribution in [0.5, 0.6) is 11.5 Å². The SMILES string of the molecule is CN(CCCOc1cccc(S(C)(=O)=O)c1)CCOc1ccc(Br)cc1. The Balaban J connectivity index is 1.64. The van der Waals surface area contributed by atoms with Gasteiger partial charge in [0.1, 0.15) is 18.1 Å². The minimum Gasteiger partial charge on any atom is -0.494 e. The summed E-state index contributed by atoms with van der Waals surface area (Å²) in [6.07, 6.45) is 2.04. The molecule has 0 fully saturated rings. The summed E-state index contributed by atoms with van der Waals surface area (Å²) < 4.78 is 35.5. The largest absolute Gasteiger partial charge is 0.494 e. The zero-order valence-electron chi connectivity index (χ0n) is 15.0. The van der Waals surface area contributed by atoms with Gasteiger partial charge in [0.2, 0.25) is 0 Å². The minimum atomic E-state index is -3.21. The van der Waals surface area contributed by atoms with Crippen LogP contribution < -0.4 is 9.47 Å². The van der Waals surface area contributed by atoms with Crippen molar-refractivity contribution >= 4 is 25.8 Å². The zero-order chi connectivity index (χ0) is 19.0. The summed E-state index contributed by atoms with van der Waals surface area (Å²) in [6.45, 7) is 2.84. The smallest absolute Gasteiger partial charge is 0.175 e. The molecule has 0 amide bonds. The van der Waals surface area contributed by atoms with Crippen LogP contribution in [0.25, 0.3) is 0 Å². The van der Waals surface area contributed by atoms with Crippen LogP contribution in [0.1, 0.15) is 6.42 Å². The van der Waals surface area contributed by atoms with Gasteiger partial charge in [0, 0.05) is 23.8 Å². The molecule has 0 aliphatic rings. The predicted molar refractivity (Wildman–Crippen MR) is 107 cm³/mol. The van der Waals surface area contributed by atoms with Crippen LogP contribution in [0.4, 0.5) is 0 Å². The lowest BCUT2D eigenvalue weighted by Gasteiger charge is -2.17. The summed E-state index contributed by atoms with van der Waals surface area (Å²) in [5.41, 5.74) is 0. The Bertz CT molecular complexity index is 793. The number of rotatable bonds is 10. The van der Waals surface area contributed by atoms with Crippen LogP contribution in [0.3, 0.4) is 0 Å². The van der Waals surface area contributed by atoms with E-state index in [-0.39, 0.29) is 4.90 Å². The van der Waals surface area contributed by atoms with Crippen molar-refractivity contribution in [1.29, 1.82) is 0 Å². The van der Waals surface area contributed by atoms with Crippen LogP contribution in [-0.4, -0.2) is 52.9 Å². The number of likely N-dealkylation sites (N-methyl/N-ethyl adjacent to an activating group) is 1. The third-order valence-electron chi connectivity index (χ3n) is 3.74.